The molecule has 2 aromatic carbocycles. The lowest BCUT2D eigenvalue weighted by molar-refractivity contribution is -0.134. The molecule has 2 N–H and O–H groups in total. The molecule has 3 aromatic rings. The third-order valence-electron chi connectivity index (χ3n) is 6.61. The number of thioether (sulfide) groups is 1. The molecular formula is C31H36N2O5S. The van der Waals surface area contributed by atoms with Crippen LogP contribution in [0.1, 0.15) is 43.6 Å². The number of nitrogens with one attached hydrogen (secondary N) is 2. The van der Waals surface area contributed by atoms with E-state index in [1.54, 1.807) is 6.26 Å². The van der Waals surface area contributed by atoms with Crippen LogP contribution in [-0.4, -0.2) is 41.5 Å². The number of aryl methyl sites for hydroxylation is 1. The summed E-state index contributed by atoms with van der Waals surface area (Å²) in [6.07, 6.45) is 3.04. The summed E-state index contributed by atoms with van der Waals surface area (Å²) in [6.45, 7) is 4.00. The molecule has 39 heavy (non-hydrogen) atoms. The highest BCUT2D eigenvalue weighted by atomic mass is 32.2. The second kappa shape index (κ2) is 14.0. The fraction of sp³-hybridized carbons (Fsp3) is 0.387. The van der Waals surface area contributed by atoms with Gasteiger partial charge in [0.15, 0.2) is 11.9 Å². The van der Waals surface area contributed by atoms with E-state index in [1.807, 2.05) is 80.6 Å². The molecular weight excluding hydrogens is 512 g/mol. The lowest BCUT2D eigenvalue weighted by Crippen LogP contribution is -2.55. The largest absolute Gasteiger partial charge is 0.480 e. The summed E-state index contributed by atoms with van der Waals surface area (Å²) in [6, 6.07) is 19.5. The Labute approximate surface area is 234 Å². The van der Waals surface area contributed by atoms with Gasteiger partial charge in [0.25, 0.3) is 5.91 Å². The van der Waals surface area contributed by atoms with E-state index in [-0.39, 0.29) is 29.3 Å². The molecule has 0 aliphatic carbocycles. The van der Waals surface area contributed by atoms with Crippen molar-refractivity contribution in [3.05, 3.63) is 89.9 Å². The third kappa shape index (κ3) is 8.48. The van der Waals surface area contributed by atoms with Gasteiger partial charge in [0.1, 0.15) is 17.6 Å². The Morgan fingerprint density at radius 1 is 0.949 bits per heavy atom. The van der Waals surface area contributed by atoms with Crippen LogP contribution in [0.3, 0.4) is 0 Å². The van der Waals surface area contributed by atoms with Gasteiger partial charge in [-0.2, -0.15) is 0 Å². The molecule has 7 nitrogen and oxygen atoms in total. The van der Waals surface area contributed by atoms with Crippen molar-refractivity contribution in [3.8, 4) is 5.75 Å². The van der Waals surface area contributed by atoms with Crippen LogP contribution in [0.5, 0.6) is 5.75 Å². The molecule has 3 atom stereocenters. The summed E-state index contributed by atoms with van der Waals surface area (Å²) in [7, 11) is 0. The van der Waals surface area contributed by atoms with Crippen molar-refractivity contribution < 1.29 is 23.5 Å². The van der Waals surface area contributed by atoms with E-state index >= 15 is 0 Å². The highest BCUT2D eigenvalue weighted by Crippen LogP contribution is 2.27. The SMILES string of the molecule is CC(C)C[C@H](NC(=O)C1CCc2ccccc2O1)C(=O)N[C@@H](Cc1ccccc1)C(=O)CSCc1ccco1. The summed E-state index contributed by atoms with van der Waals surface area (Å²) in [5.41, 5.74) is 2.02. The Bertz CT molecular complexity index is 1230. The lowest BCUT2D eigenvalue weighted by atomic mass is 9.99. The molecule has 8 heteroatoms. The Kier molecular flexibility index (Phi) is 10.3. The maximum absolute atomic E-state index is 13.5. The molecule has 0 fully saturated rings. The highest BCUT2D eigenvalue weighted by molar-refractivity contribution is 7.99. The van der Waals surface area contributed by atoms with Gasteiger partial charge < -0.3 is 19.8 Å². The number of hydrogen-bond donors (Lipinski definition) is 2. The van der Waals surface area contributed by atoms with Crippen LogP contribution in [0.25, 0.3) is 0 Å². The molecule has 1 aromatic heterocycles. The molecule has 1 aliphatic rings. The number of furan rings is 1. The summed E-state index contributed by atoms with van der Waals surface area (Å²) in [5.74, 6) is 1.70. The number of amides is 2. The topological polar surface area (TPSA) is 97.6 Å². The molecule has 0 radical (unpaired) electrons. The number of carbonyl (C=O) groups is 3. The predicted molar refractivity (Wildman–Crippen MR) is 153 cm³/mol. The quantitative estimate of drug-likeness (QED) is 0.320. The summed E-state index contributed by atoms with van der Waals surface area (Å²) < 4.78 is 11.3. The zero-order valence-corrected chi connectivity index (χ0v) is 23.2. The molecule has 0 saturated heterocycles. The van der Waals surface area contributed by atoms with Crippen LogP contribution in [0.4, 0.5) is 0 Å². The number of benzene rings is 2. The fourth-order valence-corrected chi connectivity index (χ4v) is 5.46. The molecule has 2 amide bonds. The number of rotatable bonds is 13. The Hall–Kier alpha value is -3.52. The van der Waals surface area contributed by atoms with Crippen LogP contribution < -0.4 is 15.4 Å². The van der Waals surface area contributed by atoms with Gasteiger partial charge in [-0.1, -0.05) is 62.4 Å². The van der Waals surface area contributed by atoms with Crippen molar-refractivity contribution >= 4 is 29.4 Å². The van der Waals surface area contributed by atoms with Crippen molar-refractivity contribution in [3.63, 3.8) is 0 Å². The van der Waals surface area contributed by atoms with E-state index in [9.17, 15) is 14.4 Å². The molecule has 0 bridgehead atoms. The molecule has 1 aliphatic heterocycles. The number of Topliss-reactive ketones (excluding diaryl/α,β-unsaturated/α-hetero) is 1. The minimum atomic E-state index is -0.778. The highest BCUT2D eigenvalue weighted by Gasteiger charge is 2.32. The second-order valence-electron chi connectivity index (χ2n) is 10.2. The van der Waals surface area contributed by atoms with Crippen LogP contribution in [0, 0.1) is 5.92 Å². The Morgan fingerprint density at radius 3 is 2.46 bits per heavy atom. The monoisotopic (exact) mass is 548 g/mol. The molecule has 206 valence electrons. The number of ether oxygens (including phenoxy) is 1. The van der Waals surface area contributed by atoms with Crippen LogP contribution in [-0.2, 0) is 33.0 Å². The Balaban J connectivity index is 1.41. The van der Waals surface area contributed by atoms with Gasteiger partial charge in [-0.3, -0.25) is 14.4 Å². The van der Waals surface area contributed by atoms with Gasteiger partial charge >= 0.3 is 0 Å². The fourth-order valence-electron chi connectivity index (χ4n) is 4.59. The first kappa shape index (κ1) is 28.5. The standard InChI is InChI=1S/C31H36N2O5S/c1-21(2)17-26(33-31(36)29-15-14-23-11-6-7-13-28(23)38-29)30(35)32-25(18-22-9-4-3-5-10-22)27(34)20-39-19-24-12-8-16-37-24/h3-13,16,21,25-26,29H,14-15,17-20H2,1-2H3,(H,32,35)(H,33,36)/t25-,26-,29?/m0/s1. The van der Waals surface area contributed by atoms with E-state index in [2.05, 4.69) is 10.6 Å². The van der Waals surface area contributed by atoms with E-state index < -0.39 is 18.2 Å². The molecule has 0 saturated carbocycles. The average Bonchev–Trinajstić information content (AvgIpc) is 3.46. The zero-order chi connectivity index (χ0) is 27.6. The average molecular weight is 549 g/mol. The van der Waals surface area contributed by atoms with E-state index in [0.717, 1.165) is 23.3 Å². The second-order valence-corrected chi connectivity index (χ2v) is 11.2. The zero-order valence-electron chi connectivity index (χ0n) is 22.4. The van der Waals surface area contributed by atoms with Crippen LogP contribution in [0.2, 0.25) is 0 Å². The van der Waals surface area contributed by atoms with Crippen molar-refractivity contribution in [1.29, 1.82) is 0 Å². The summed E-state index contributed by atoms with van der Waals surface area (Å²) in [5, 5.41) is 5.87. The number of para-hydroxylation sites is 1. The smallest absolute Gasteiger partial charge is 0.261 e. The van der Waals surface area contributed by atoms with Gasteiger partial charge in [-0.25, -0.2) is 0 Å². The van der Waals surface area contributed by atoms with Gasteiger partial charge in [0.2, 0.25) is 5.91 Å². The molecule has 4 rings (SSSR count). The molecule has 1 unspecified atom stereocenters. The first-order valence-corrected chi connectivity index (χ1v) is 14.6. The number of carbonyl (C=O) groups excluding carboxylic acids is 3. The van der Waals surface area contributed by atoms with E-state index in [0.29, 0.717) is 30.8 Å². The number of fused-ring (bicyclic) bond motifs is 1. The van der Waals surface area contributed by atoms with Gasteiger partial charge in [-0.05, 0) is 60.9 Å². The van der Waals surface area contributed by atoms with Crippen molar-refractivity contribution in [2.75, 3.05) is 5.75 Å². The Morgan fingerprint density at radius 2 is 1.72 bits per heavy atom. The van der Waals surface area contributed by atoms with Crippen molar-refractivity contribution in [1.82, 2.24) is 10.6 Å². The maximum Gasteiger partial charge on any atom is 0.261 e. The minimum Gasteiger partial charge on any atom is -0.480 e. The van der Waals surface area contributed by atoms with Crippen molar-refractivity contribution in [2.24, 2.45) is 5.92 Å². The van der Waals surface area contributed by atoms with Gasteiger partial charge in [0.05, 0.1) is 23.8 Å². The van der Waals surface area contributed by atoms with Gasteiger partial charge in [-0.15, -0.1) is 11.8 Å². The summed E-state index contributed by atoms with van der Waals surface area (Å²) in [4.78, 5) is 40.0. The predicted octanol–water partition coefficient (Wildman–Crippen LogP) is 4.73. The van der Waals surface area contributed by atoms with E-state index in [4.69, 9.17) is 9.15 Å². The van der Waals surface area contributed by atoms with Crippen molar-refractivity contribution in [2.45, 2.75) is 63.5 Å². The van der Waals surface area contributed by atoms with E-state index in [1.165, 1.54) is 11.8 Å². The lowest BCUT2D eigenvalue weighted by Gasteiger charge is -2.28. The number of hydrogen-bond acceptors (Lipinski definition) is 6. The maximum atomic E-state index is 13.5. The number of ketones is 1. The third-order valence-corrected chi connectivity index (χ3v) is 7.58. The van der Waals surface area contributed by atoms with Gasteiger partial charge in [0, 0.05) is 0 Å². The normalized spacial score (nSPS) is 16.0. The molecule has 0 spiro atoms. The van der Waals surface area contributed by atoms with Crippen LogP contribution in [0.15, 0.2) is 77.4 Å². The first-order chi connectivity index (χ1) is 18.9. The first-order valence-electron chi connectivity index (χ1n) is 13.4. The van der Waals surface area contributed by atoms with Crippen LogP contribution >= 0.6 is 11.8 Å². The molecule has 2 heterocycles. The minimum absolute atomic E-state index is 0.0781. The summed E-state index contributed by atoms with van der Waals surface area (Å²) >= 11 is 1.45.